The minimum Gasteiger partial charge on any atom is -0.382 e. The van der Waals surface area contributed by atoms with Crippen molar-refractivity contribution in [3.05, 3.63) is 35.4 Å². The Hall–Kier alpha value is -1.11. The van der Waals surface area contributed by atoms with Gasteiger partial charge in [-0.2, -0.15) is 13.2 Å². The number of benzene rings is 1. The lowest BCUT2D eigenvalue weighted by Gasteiger charge is -2.32. The average Bonchev–Trinajstić information content (AvgIpc) is 2.52. The fraction of sp³-hybridized carbons (Fsp3) is 0.647. The Labute approximate surface area is 135 Å². The summed E-state index contributed by atoms with van der Waals surface area (Å²) in [5.74, 6) is 0.305. The molecular weight excluding hydrogens is 309 g/mol. The first-order chi connectivity index (χ1) is 10.8. The third-order valence-electron chi connectivity index (χ3n) is 4.05. The summed E-state index contributed by atoms with van der Waals surface area (Å²) in [5.41, 5.74) is -1.34. The molecule has 0 N–H and O–H groups in total. The molecule has 0 spiro atoms. The van der Waals surface area contributed by atoms with Crippen LogP contribution in [0.15, 0.2) is 24.3 Å². The molecule has 6 heteroatoms. The Kier molecular flexibility index (Phi) is 7.51. The highest BCUT2D eigenvalue weighted by atomic mass is 19.4. The number of hydrogen-bond donors (Lipinski definition) is 0. The van der Waals surface area contributed by atoms with Gasteiger partial charge in [0.1, 0.15) is 6.79 Å². The van der Waals surface area contributed by atoms with E-state index in [1.807, 2.05) is 13.8 Å². The van der Waals surface area contributed by atoms with E-state index >= 15 is 0 Å². The van der Waals surface area contributed by atoms with E-state index in [1.54, 1.807) is 12.1 Å². The van der Waals surface area contributed by atoms with Gasteiger partial charge in [-0.15, -0.1) is 0 Å². The van der Waals surface area contributed by atoms with Gasteiger partial charge in [0, 0.05) is 7.11 Å². The summed E-state index contributed by atoms with van der Waals surface area (Å²) in [6.45, 7) is 5.13. The molecule has 0 heterocycles. The molecule has 1 rings (SSSR count). The van der Waals surface area contributed by atoms with Crippen molar-refractivity contribution in [3.8, 4) is 0 Å². The number of rotatable bonds is 9. The normalized spacial score (nSPS) is 16.1. The van der Waals surface area contributed by atoms with Gasteiger partial charge in [-0.1, -0.05) is 38.1 Å². The van der Waals surface area contributed by atoms with Crippen LogP contribution in [0.25, 0.3) is 0 Å². The van der Waals surface area contributed by atoms with Crippen LogP contribution in [0, 0.1) is 0 Å². The number of alkyl halides is 3. The fourth-order valence-corrected chi connectivity index (χ4v) is 2.05. The molecule has 0 aliphatic heterocycles. The van der Waals surface area contributed by atoms with Crippen molar-refractivity contribution in [2.24, 2.45) is 0 Å². The molecule has 0 aliphatic rings. The Morgan fingerprint density at radius 2 is 1.70 bits per heavy atom. The lowest BCUT2D eigenvalue weighted by atomic mass is 9.91. The second kappa shape index (κ2) is 8.66. The van der Waals surface area contributed by atoms with Gasteiger partial charge >= 0.3 is 6.18 Å². The first-order valence-corrected chi connectivity index (χ1v) is 7.64. The predicted octanol–water partition coefficient (Wildman–Crippen LogP) is 4.61. The summed E-state index contributed by atoms with van der Waals surface area (Å²) >= 11 is 0. The fourth-order valence-electron chi connectivity index (χ4n) is 2.05. The van der Waals surface area contributed by atoms with Gasteiger partial charge in [0.25, 0.3) is 0 Å². The van der Waals surface area contributed by atoms with Gasteiger partial charge in [-0.25, -0.2) is 0 Å². The van der Waals surface area contributed by atoms with Gasteiger partial charge in [0.15, 0.2) is 5.60 Å². The molecule has 0 bridgehead atoms. The highest BCUT2D eigenvalue weighted by Gasteiger charge is 2.53. The highest BCUT2D eigenvalue weighted by Crippen LogP contribution is 2.42. The van der Waals surface area contributed by atoms with Crippen LogP contribution in [0.3, 0.4) is 0 Å². The van der Waals surface area contributed by atoms with Gasteiger partial charge in [-0.05, 0) is 30.4 Å². The van der Waals surface area contributed by atoms with Crippen molar-refractivity contribution in [2.45, 2.75) is 44.9 Å². The third kappa shape index (κ3) is 5.19. The van der Waals surface area contributed by atoms with Gasteiger partial charge in [0.05, 0.1) is 13.2 Å². The zero-order valence-electron chi connectivity index (χ0n) is 14.1. The minimum absolute atomic E-state index is 0.0624. The van der Waals surface area contributed by atoms with E-state index in [9.17, 15) is 13.2 Å². The second-order valence-corrected chi connectivity index (χ2v) is 5.63. The number of ether oxygens (including phenoxy) is 3. The van der Waals surface area contributed by atoms with Crippen LogP contribution < -0.4 is 0 Å². The van der Waals surface area contributed by atoms with Crippen LogP contribution in [0.4, 0.5) is 13.2 Å². The number of methoxy groups -OCH3 is 1. The molecule has 1 aromatic carbocycles. The summed E-state index contributed by atoms with van der Waals surface area (Å²) in [4.78, 5) is 0. The first kappa shape index (κ1) is 19.9. The zero-order chi connectivity index (χ0) is 17.5. The molecule has 132 valence electrons. The maximum atomic E-state index is 13.5. The van der Waals surface area contributed by atoms with Crippen LogP contribution in [0.1, 0.15) is 44.2 Å². The molecule has 0 saturated carbocycles. The van der Waals surface area contributed by atoms with Crippen molar-refractivity contribution in [1.29, 1.82) is 0 Å². The van der Waals surface area contributed by atoms with Crippen LogP contribution in [0.5, 0.6) is 0 Å². The molecule has 23 heavy (non-hydrogen) atoms. The molecule has 0 aromatic heterocycles. The van der Waals surface area contributed by atoms with E-state index in [0.29, 0.717) is 12.5 Å². The minimum atomic E-state index is -4.55. The van der Waals surface area contributed by atoms with Crippen LogP contribution in [0.2, 0.25) is 0 Å². The quantitative estimate of drug-likeness (QED) is 0.487. The maximum absolute atomic E-state index is 13.5. The molecular formula is C17H25F3O3. The molecule has 1 aromatic rings. The van der Waals surface area contributed by atoms with E-state index in [0.717, 1.165) is 18.9 Å². The Bertz CT molecular complexity index is 459. The first-order valence-electron chi connectivity index (χ1n) is 7.64. The van der Waals surface area contributed by atoms with Crippen molar-refractivity contribution in [3.63, 3.8) is 0 Å². The lowest BCUT2D eigenvalue weighted by molar-refractivity contribution is -0.299. The van der Waals surface area contributed by atoms with Crippen LogP contribution >= 0.6 is 0 Å². The summed E-state index contributed by atoms with van der Waals surface area (Å²) in [6.07, 6.45) is -3.62. The molecule has 0 aliphatic carbocycles. The largest absolute Gasteiger partial charge is 0.421 e. The van der Waals surface area contributed by atoms with Crippen molar-refractivity contribution >= 4 is 0 Å². The second-order valence-electron chi connectivity index (χ2n) is 5.63. The number of halogens is 3. The Balaban J connectivity index is 2.88. The maximum Gasteiger partial charge on any atom is 0.421 e. The van der Waals surface area contributed by atoms with Gasteiger partial charge in [-0.3, -0.25) is 0 Å². The molecule has 2 atom stereocenters. The Morgan fingerprint density at radius 3 is 2.17 bits per heavy atom. The third-order valence-corrected chi connectivity index (χ3v) is 4.05. The topological polar surface area (TPSA) is 27.7 Å². The molecule has 0 amide bonds. The highest BCUT2D eigenvalue weighted by molar-refractivity contribution is 5.30. The molecule has 0 radical (unpaired) electrons. The summed E-state index contributed by atoms with van der Waals surface area (Å²) in [5, 5.41) is 0. The van der Waals surface area contributed by atoms with E-state index in [1.165, 1.54) is 19.2 Å². The van der Waals surface area contributed by atoms with Crippen LogP contribution in [-0.2, 0) is 19.8 Å². The lowest BCUT2D eigenvalue weighted by Crippen LogP contribution is -2.42. The molecule has 2 unspecified atom stereocenters. The summed E-state index contributed by atoms with van der Waals surface area (Å²) < 4.78 is 55.3. The molecule has 0 fully saturated rings. The van der Waals surface area contributed by atoms with Crippen molar-refractivity contribution in [1.82, 2.24) is 0 Å². The Morgan fingerprint density at radius 1 is 1.09 bits per heavy atom. The molecule has 3 nitrogen and oxygen atoms in total. The SMILES string of the molecule is CCC(C)c1ccc(C(C)(OCOCCOC)C(F)(F)F)cc1. The van der Waals surface area contributed by atoms with Gasteiger partial charge in [0.2, 0.25) is 0 Å². The molecule has 0 saturated heterocycles. The summed E-state index contributed by atoms with van der Waals surface area (Å²) in [6, 6.07) is 6.40. The standard InChI is InChI=1S/C17H25F3O3/c1-5-13(2)14-6-8-15(9-7-14)16(3,17(18,19)20)23-12-22-11-10-21-4/h6-9,13H,5,10-12H2,1-4H3. The van der Waals surface area contributed by atoms with E-state index in [-0.39, 0.29) is 12.2 Å². The average molecular weight is 334 g/mol. The zero-order valence-corrected chi connectivity index (χ0v) is 14.1. The van der Waals surface area contributed by atoms with E-state index < -0.39 is 18.6 Å². The summed E-state index contributed by atoms with van der Waals surface area (Å²) in [7, 11) is 1.49. The van der Waals surface area contributed by atoms with Crippen molar-refractivity contribution in [2.75, 3.05) is 27.1 Å². The van der Waals surface area contributed by atoms with E-state index in [2.05, 4.69) is 0 Å². The smallest absolute Gasteiger partial charge is 0.382 e. The van der Waals surface area contributed by atoms with Crippen LogP contribution in [-0.4, -0.2) is 33.3 Å². The monoisotopic (exact) mass is 334 g/mol. The van der Waals surface area contributed by atoms with Crippen molar-refractivity contribution < 1.29 is 27.4 Å². The van der Waals surface area contributed by atoms with Gasteiger partial charge < -0.3 is 14.2 Å². The predicted molar refractivity (Wildman–Crippen MR) is 82.3 cm³/mol. The number of hydrogen-bond acceptors (Lipinski definition) is 3. The van der Waals surface area contributed by atoms with E-state index in [4.69, 9.17) is 14.2 Å².